The summed E-state index contributed by atoms with van der Waals surface area (Å²) in [5, 5.41) is 0. The van der Waals surface area contributed by atoms with E-state index in [1.807, 2.05) is 0 Å². The van der Waals surface area contributed by atoms with Crippen LogP contribution in [-0.2, 0) is 29.3 Å². The van der Waals surface area contributed by atoms with Crippen LogP contribution in [0.2, 0.25) is 0 Å². The molecule has 32 heavy (non-hydrogen) atoms. The topological polar surface area (TPSA) is 69.3 Å². The average molecular weight is 482 g/mol. The summed E-state index contributed by atoms with van der Waals surface area (Å²) in [4.78, 5) is 8.80. The third-order valence-electron chi connectivity index (χ3n) is 5.91. The van der Waals surface area contributed by atoms with Crippen molar-refractivity contribution in [3.63, 3.8) is 0 Å². The molecule has 2 heterocycles. The molecule has 1 aromatic carbocycles. The molecule has 176 valence electrons. The van der Waals surface area contributed by atoms with E-state index in [4.69, 9.17) is 0 Å². The van der Waals surface area contributed by atoms with Crippen LogP contribution in [-0.4, -0.2) is 40.8 Å². The monoisotopic (exact) mass is 482 g/mol. The number of aromatic amines is 1. The highest BCUT2D eigenvalue weighted by molar-refractivity contribution is 7.89. The number of aryl methyl sites for hydroxylation is 1. The van der Waals surface area contributed by atoms with Crippen LogP contribution in [0.25, 0.3) is 0 Å². The second-order valence-electron chi connectivity index (χ2n) is 8.09. The summed E-state index contributed by atoms with van der Waals surface area (Å²) in [5.74, 6) is -0.0755. The lowest BCUT2D eigenvalue weighted by atomic mass is 10.0. The Labute approximate surface area is 180 Å². The smallest absolute Gasteiger partial charge is 0.361 e. The number of imidazole rings is 1. The molecule has 13 heteroatoms. The zero-order chi connectivity index (χ0) is 23.5. The molecule has 1 N–H and O–H groups in total. The van der Waals surface area contributed by atoms with Gasteiger partial charge in [-0.1, -0.05) is 0 Å². The first-order valence-electron chi connectivity index (χ1n) is 9.81. The number of benzene rings is 1. The summed E-state index contributed by atoms with van der Waals surface area (Å²) < 4.78 is 105. The van der Waals surface area contributed by atoms with Gasteiger partial charge in [0.2, 0.25) is 0 Å². The quantitative estimate of drug-likeness (QED) is 0.664. The van der Waals surface area contributed by atoms with Crippen LogP contribution in [0.5, 0.6) is 0 Å². The van der Waals surface area contributed by atoms with E-state index in [9.17, 15) is 34.8 Å². The number of hydrogen-bond donors (Lipinski definition) is 1. The fraction of sp³-hybridized carbons (Fsp3) is 0.526. The fourth-order valence-electron chi connectivity index (χ4n) is 4.03. The molecule has 1 aliphatic carbocycles. The highest BCUT2D eigenvalue weighted by atomic mass is 32.2. The highest BCUT2D eigenvalue weighted by Crippen LogP contribution is 2.44. The van der Waals surface area contributed by atoms with Gasteiger partial charge in [-0.05, 0) is 49.4 Å². The molecule has 1 atom stereocenters. The number of sulfonamides is 1. The predicted octanol–water partition coefficient (Wildman–Crippen LogP) is 4.19. The van der Waals surface area contributed by atoms with Crippen LogP contribution in [0.3, 0.4) is 0 Å². The first-order valence-corrected chi connectivity index (χ1v) is 11.2. The minimum atomic E-state index is -5.74. The number of nitrogens with zero attached hydrogens (tertiary/aromatic N) is 3. The molecule has 2 aliphatic rings. The van der Waals surface area contributed by atoms with E-state index in [1.165, 1.54) is 12.4 Å². The van der Waals surface area contributed by atoms with Gasteiger partial charge in [0.25, 0.3) is 0 Å². The molecule has 0 amide bonds. The lowest BCUT2D eigenvalue weighted by molar-refractivity contribution is -0.137. The first-order chi connectivity index (χ1) is 14.8. The summed E-state index contributed by atoms with van der Waals surface area (Å²) in [6.07, 6.45) is -1.90. The van der Waals surface area contributed by atoms with Gasteiger partial charge in [-0.3, -0.25) is 0 Å². The van der Waals surface area contributed by atoms with Crippen molar-refractivity contribution >= 4 is 15.7 Å². The Kier molecular flexibility index (Phi) is 5.47. The van der Waals surface area contributed by atoms with E-state index in [2.05, 4.69) is 9.97 Å². The Morgan fingerprint density at radius 1 is 1.16 bits per heavy atom. The minimum Gasteiger partial charge on any atom is -0.361 e. The lowest BCUT2D eigenvalue weighted by Crippen LogP contribution is -2.47. The number of nitrogens with one attached hydrogen (secondary N) is 1. The second kappa shape index (κ2) is 7.65. The van der Waals surface area contributed by atoms with E-state index in [0.29, 0.717) is 24.2 Å². The van der Waals surface area contributed by atoms with Crippen molar-refractivity contribution in [2.75, 3.05) is 11.4 Å². The maximum Gasteiger partial charge on any atom is 0.511 e. The summed E-state index contributed by atoms with van der Waals surface area (Å²) in [6, 6.07) is 2.16. The van der Waals surface area contributed by atoms with Crippen LogP contribution >= 0.6 is 0 Å². The number of aromatic nitrogens is 2. The van der Waals surface area contributed by atoms with Crippen molar-refractivity contribution in [3.8, 4) is 0 Å². The van der Waals surface area contributed by atoms with E-state index < -0.39 is 46.4 Å². The second-order valence-corrected chi connectivity index (χ2v) is 10.0. The van der Waals surface area contributed by atoms with Crippen LogP contribution in [0.15, 0.2) is 24.5 Å². The molecule has 1 fully saturated rings. The Bertz CT molecular complexity index is 1110. The first kappa shape index (κ1) is 22.9. The Morgan fingerprint density at radius 3 is 2.38 bits per heavy atom. The number of hydrogen-bond acceptors (Lipinski definition) is 4. The number of H-pyrrole nitrogens is 1. The molecule has 2 aromatic rings. The molecule has 0 spiro atoms. The van der Waals surface area contributed by atoms with Crippen molar-refractivity contribution in [3.05, 3.63) is 47.0 Å². The molecule has 1 saturated carbocycles. The number of alkyl halides is 6. The van der Waals surface area contributed by atoms with Gasteiger partial charge in [-0.2, -0.15) is 30.6 Å². The fourth-order valence-corrected chi connectivity index (χ4v) is 4.98. The van der Waals surface area contributed by atoms with Crippen LogP contribution in [0, 0.1) is 12.8 Å². The van der Waals surface area contributed by atoms with Gasteiger partial charge in [0.05, 0.1) is 24.1 Å². The molecular weight excluding hydrogens is 462 g/mol. The molecule has 6 nitrogen and oxygen atoms in total. The molecule has 0 radical (unpaired) electrons. The normalized spacial score (nSPS) is 20.8. The van der Waals surface area contributed by atoms with Crippen molar-refractivity contribution < 1.29 is 34.8 Å². The summed E-state index contributed by atoms with van der Waals surface area (Å²) in [7, 11) is -5.74. The molecule has 1 aromatic heterocycles. The summed E-state index contributed by atoms with van der Waals surface area (Å²) in [6.45, 7) is 0.585. The van der Waals surface area contributed by atoms with Crippen molar-refractivity contribution in [2.45, 2.75) is 50.6 Å². The lowest BCUT2D eigenvalue weighted by Gasteiger charge is -2.34. The van der Waals surface area contributed by atoms with Crippen LogP contribution < -0.4 is 4.90 Å². The van der Waals surface area contributed by atoms with Crippen LogP contribution in [0.4, 0.5) is 32.0 Å². The van der Waals surface area contributed by atoms with Crippen molar-refractivity contribution in [1.82, 2.24) is 14.3 Å². The maximum atomic E-state index is 13.4. The molecule has 1 aliphatic heterocycles. The number of fused-ring (bicyclic) bond motifs is 1. The standard InChI is InChI=1S/C19H20F6N4O2S/c1-11-15(27-10-26-11)8-29-16-5-4-14(18(20,21)22)6-13(16)7-28(9-17(29)12-2-3-12)32(30,31)19(23,24)25/h4-6,10,12,17H,2-3,7-9H2,1H3,(H,26,27)/t17-/m1/s1. The largest absolute Gasteiger partial charge is 0.511 e. The number of halogens is 6. The third kappa shape index (κ3) is 4.19. The van der Waals surface area contributed by atoms with Crippen LogP contribution in [0.1, 0.15) is 35.4 Å². The molecule has 0 saturated heterocycles. The van der Waals surface area contributed by atoms with Gasteiger partial charge in [0, 0.05) is 30.5 Å². The molecule has 4 rings (SSSR count). The van der Waals surface area contributed by atoms with Gasteiger partial charge < -0.3 is 9.88 Å². The zero-order valence-corrected chi connectivity index (χ0v) is 17.7. The molecule has 0 bridgehead atoms. The number of anilines is 1. The van der Waals surface area contributed by atoms with Gasteiger partial charge in [0.1, 0.15) is 0 Å². The highest BCUT2D eigenvalue weighted by Gasteiger charge is 2.52. The Balaban J connectivity index is 1.85. The predicted molar refractivity (Wildman–Crippen MR) is 103 cm³/mol. The van der Waals surface area contributed by atoms with Gasteiger partial charge in [-0.25, -0.2) is 13.4 Å². The van der Waals surface area contributed by atoms with Gasteiger partial charge >= 0.3 is 21.7 Å². The molecular formula is C19H20F6N4O2S. The van der Waals surface area contributed by atoms with E-state index in [-0.39, 0.29) is 28.0 Å². The van der Waals surface area contributed by atoms with E-state index >= 15 is 0 Å². The maximum absolute atomic E-state index is 13.4. The van der Waals surface area contributed by atoms with Crippen molar-refractivity contribution in [1.29, 1.82) is 0 Å². The van der Waals surface area contributed by atoms with Gasteiger partial charge in [0.15, 0.2) is 0 Å². The van der Waals surface area contributed by atoms with E-state index in [1.54, 1.807) is 11.8 Å². The Hall–Kier alpha value is -2.28. The van der Waals surface area contributed by atoms with E-state index in [0.717, 1.165) is 12.1 Å². The average Bonchev–Trinajstić information content (AvgIpc) is 3.45. The van der Waals surface area contributed by atoms with Gasteiger partial charge in [-0.15, -0.1) is 0 Å². The molecule has 0 unspecified atom stereocenters. The SMILES string of the molecule is Cc1[nH]cnc1CN1c2ccc(C(F)(F)F)cc2CN(S(=O)(=O)C(F)(F)F)C[C@@H]1C1CC1. The minimum absolute atomic E-state index is 0.0755. The Morgan fingerprint density at radius 2 is 1.84 bits per heavy atom. The summed E-state index contributed by atoms with van der Waals surface area (Å²) >= 11 is 0. The zero-order valence-electron chi connectivity index (χ0n) is 16.8. The third-order valence-corrected chi connectivity index (χ3v) is 7.45. The van der Waals surface area contributed by atoms with Crippen molar-refractivity contribution in [2.24, 2.45) is 5.92 Å². The summed E-state index contributed by atoms with van der Waals surface area (Å²) in [5.41, 5.74) is -5.19. The number of rotatable bonds is 4.